The molecule has 0 fully saturated rings. The van der Waals surface area contributed by atoms with Gasteiger partial charge in [-0.2, -0.15) is 0 Å². The lowest BCUT2D eigenvalue weighted by Crippen LogP contribution is -2.29. The zero-order valence-electron chi connectivity index (χ0n) is 12.0. The molecule has 0 amide bonds. The van der Waals surface area contributed by atoms with Crippen LogP contribution in [0.5, 0.6) is 0 Å². The van der Waals surface area contributed by atoms with E-state index in [0.29, 0.717) is 6.04 Å². The summed E-state index contributed by atoms with van der Waals surface area (Å²) in [4.78, 5) is 0. The van der Waals surface area contributed by atoms with Gasteiger partial charge < -0.3 is 9.73 Å². The smallest absolute Gasteiger partial charge is 0.120 e. The quantitative estimate of drug-likeness (QED) is 0.836. The number of hydrogen-bond acceptors (Lipinski definition) is 2. The molecular weight excluding hydrogens is 234 g/mol. The summed E-state index contributed by atoms with van der Waals surface area (Å²) in [6.45, 7) is 6.36. The van der Waals surface area contributed by atoms with E-state index in [2.05, 4.69) is 55.6 Å². The molecule has 0 aliphatic heterocycles. The van der Waals surface area contributed by atoms with E-state index in [1.165, 1.54) is 5.56 Å². The average Bonchev–Trinajstić information content (AvgIpc) is 2.84. The first-order valence-corrected chi connectivity index (χ1v) is 7.01. The van der Waals surface area contributed by atoms with Crippen molar-refractivity contribution in [3.05, 3.63) is 59.5 Å². The van der Waals surface area contributed by atoms with Crippen LogP contribution in [-0.4, -0.2) is 6.04 Å². The number of furan rings is 1. The number of benzene rings is 1. The Morgan fingerprint density at radius 2 is 1.79 bits per heavy atom. The van der Waals surface area contributed by atoms with E-state index in [9.17, 15) is 0 Å². The Balaban J connectivity index is 1.79. The van der Waals surface area contributed by atoms with Gasteiger partial charge in [0.05, 0.1) is 6.04 Å². The summed E-state index contributed by atoms with van der Waals surface area (Å²) in [6, 6.07) is 15.4. The number of rotatable bonds is 6. The molecule has 2 heteroatoms. The lowest BCUT2D eigenvalue weighted by atomic mass is 10.1. The van der Waals surface area contributed by atoms with Crippen LogP contribution >= 0.6 is 0 Å². The highest BCUT2D eigenvalue weighted by molar-refractivity contribution is 5.15. The monoisotopic (exact) mass is 257 g/mol. The van der Waals surface area contributed by atoms with E-state index >= 15 is 0 Å². The van der Waals surface area contributed by atoms with Crippen molar-refractivity contribution in [2.24, 2.45) is 0 Å². The minimum atomic E-state index is 0.263. The van der Waals surface area contributed by atoms with Crippen molar-refractivity contribution in [3.8, 4) is 0 Å². The van der Waals surface area contributed by atoms with Crippen LogP contribution in [0.15, 0.2) is 46.9 Å². The second-order valence-electron chi connectivity index (χ2n) is 5.26. The van der Waals surface area contributed by atoms with Crippen LogP contribution < -0.4 is 5.32 Å². The zero-order chi connectivity index (χ0) is 13.7. The Labute approximate surface area is 115 Å². The summed E-state index contributed by atoms with van der Waals surface area (Å²) in [5.74, 6) is 1.99. The first kappa shape index (κ1) is 13.9. The van der Waals surface area contributed by atoms with Gasteiger partial charge in [-0.15, -0.1) is 0 Å². The van der Waals surface area contributed by atoms with Gasteiger partial charge in [0.25, 0.3) is 0 Å². The van der Waals surface area contributed by atoms with Crippen LogP contribution in [0.3, 0.4) is 0 Å². The summed E-state index contributed by atoms with van der Waals surface area (Å²) >= 11 is 0. The molecule has 0 saturated carbocycles. The van der Waals surface area contributed by atoms with Gasteiger partial charge in [0.15, 0.2) is 0 Å². The molecule has 0 bridgehead atoms. The molecule has 2 rings (SSSR count). The number of nitrogens with one attached hydrogen (secondary N) is 1. The molecule has 0 radical (unpaired) electrons. The van der Waals surface area contributed by atoms with Crippen LogP contribution in [-0.2, 0) is 6.42 Å². The van der Waals surface area contributed by atoms with E-state index in [4.69, 9.17) is 4.42 Å². The van der Waals surface area contributed by atoms with E-state index < -0.39 is 0 Å². The summed E-state index contributed by atoms with van der Waals surface area (Å²) in [6.07, 6.45) is 2.24. The standard InChI is InChI=1S/C17H23NO/c1-13(9-11-16-7-5-4-6-8-16)18-15(3)17-12-10-14(2)19-17/h4-8,10,12-13,15,18H,9,11H2,1-3H3. The van der Waals surface area contributed by atoms with Crippen molar-refractivity contribution in [1.29, 1.82) is 0 Å². The Morgan fingerprint density at radius 3 is 2.42 bits per heavy atom. The Hall–Kier alpha value is -1.54. The first-order valence-electron chi connectivity index (χ1n) is 7.01. The third-order valence-corrected chi connectivity index (χ3v) is 3.43. The maximum Gasteiger partial charge on any atom is 0.120 e. The highest BCUT2D eigenvalue weighted by Crippen LogP contribution is 2.17. The second-order valence-corrected chi connectivity index (χ2v) is 5.26. The van der Waals surface area contributed by atoms with E-state index in [1.54, 1.807) is 0 Å². The molecule has 1 heterocycles. The van der Waals surface area contributed by atoms with Gasteiger partial charge in [-0.05, 0) is 51.3 Å². The van der Waals surface area contributed by atoms with Crippen LogP contribution in [0.4, 0.5) is 0 Å². The van der Waals surface area contributed by atoms with E-state index in [-0.39, 0.29) is 6.04 Å². The van der Waals surface area contributed by atoms with Crippen molar-refractivity contribution < 1.29 is 4.42 Å². The Kier molecular flexibility index (Phi) is 4.80. The normalized spacial score (nSPS) is 14.3. The minimum absolute atomic E-state index is 0.263. The van der Waals surface area contributed by atoms with Gasteiger partial charge in [-0.25, -0.2) is 0 Å². The van der Waals surface area contributed by atoms with Gasteiger partial charge in [-0.1, -0.05) is 30.3 Å². The van der Waals surface area contributed by atoms with E-state index in [1.807, 2.05) is 13.0 Å². The van der Waals surface area contributed by atoms with Crippen molar-refractivity contribution in [1.82, 2.24) is 5.32 Å². The van der Waals surface area contributed by atoms with Gasteiger partial charge in [-0.3, -0.25) is 0 Å². The SMILES string of the molecule is Cc1ccc(C(C)NC(C)CCc2ccccc2)o1. The zero-order valence-corrected chi connectivity index (χ0v) is 12.0. The molecule has 2 aromatic rings. The third kappa shape index (κ3) is 4.25. The van der Waals surface area contributed by atoms with Crippen LogP contribution in [0.1, 0.15) is 43.4 Å². The van der Waals surface area contributed by atoms with Crippen molar-refractivity contribution in [2.75, 3.05) is 0 Å². The number of aryl methyl sites for hydroxylation is 2. The molecule has 0 aliphatic carbocycles. The summed E-state index contributed by atoms with van der Waals surface area (Å²) in [5.41, 5.74) is 1.40. The molecule has 0 saturated heterocycles. The topological polar surface area (TPSA) is 25.2 Å². The molecule has 2 unspecified atom stereocenters. The fourth-order valence-corrected chi connectivity index (χ4v) is 2.31. The van der Waals surface area contributed by atoms with Crippen LogP contribution in [0, 0.1) is 6.92 Å². The molecule has 2 atom stereocenters. The molecule has 1 aromatic carbocycles. The summed E-state index contributed by atoms with van der Waals surface area (Å²) in [7, 11) is 0. The largest absolute Gasteiger partial charge is 0.465 e. The average molecular weight is 257 g/mol. The predicted octanol–water partition coefficient (Wildman–Crippen LogP) is 4.26. The molecule has 102 valence electrons. The molecular formula is C17H23NO. The molecule has 19 heavy (non-hydrogen) atoms. The van der Waals surface area contributed by atoms with E-state index in [0.717, 1.165) is 24.4 Å². The predicted molar refractivity (Wildman–Crippen MR) is 79.2 cm³/mol. The Morgan fingerprint density at radius 1 is 1.05 bits per heavy atom. The minimum Gasteiger partial charge on any atom is -0.465 e. The van der Waals surface area contributed by atoms with Gasteiger partial charge >= 0.3 is 0 Å². The van der Waals surface area contributed by atoms with Crippen LogP contribution in [0.25, 0.3) is 0 Å². The molecule has 1 aromatic heterocycles. The summed E-state index contributed by atoms with van der Waals surface area (Å²) < 4.78 is 5.65. The lowest BCUT2D eigenvalue weighted by molar-refractivity contribution is 0.380. The lowest BCUT2D eigenvalue weighted by Gasteiger charge is -2.18. The highest BCUT2D eigenvalue weighted by Gasteiger charge is 2.12. The molecule has 0 spiro atoms. The fraction of sp³-hybridized carbons (Fsp3) is 0.412. The number of hydrogen-bond donors (Lipinski definition) is 1. The summed E-state index contributed by atoms with van der Waals surface area (Å²) in [5, 5.41) is 3.59. The molecule has 1 N–H and O–H groups in total. The van der Waals surface area contributed by atoms with Gasteiger partial charge in [0.2, 0.25) is 0 Å². The Bertz CT molecular complexity index is 489. The molecule has 0 aliphatic rings. The van der Waals surface area contributed by atoms with Crippen molar-refractivity contribution in [3.63, 3.8) is 0 Å². The third-order valence-electron chi connectivity index (χ3n) is 3.43. The molecule has 2 nitrogen and oxygen atoms in total. The van der Waals surface area contributed by atoms with Gasteiger partial charge in [0, 0.05) is 6.04 Å². The highest BCUT2D eigenvalue weighted by atomic mass is 16.3. The second kappa shape index (κ2) is 6.58. The van der Waals surface area contributed by atoms with Crippen molar-refractivity contribution in [2.45, 2.75) is 45.7 Å². The first-order chi connectivity index (χ1) is 9.15. The maximum absolute atomic E-state index is 5.65. The van der Waals surface area contributed by atoms with Crippen molar-refractivity contribution >= 4 is 0 Å². The van der Waals surface area contributed by atoms with Crippen LogP contribution in [0.2, 0.25) is 0 Å². The fourth-order valence-electron chi connectivity index (χ4n) is 2.31. The van der Waals surface area contributed by atoms with Gasteiger partial charge in [0.1, 0.15) is 11.5 Å². The maximum atomic E-state index is 5.65.